The molecule has 16 heavy (non-hydrogen) atoms. The molecule has 0 unspecified atom stereocenters. The van der Waals surface area contributed by atoms with Crippen molar-refractivity contribution >= 4 is 11.6 Å². The van der Waals surface area contributed by atoms with Gasteiger partial charge in [0.05, 0.1) is 13.7 Å². The van der Waals surface area contributed by atoms with Gasteiger partial charge in [-0.25, -0.2) is 4.98 Å². The Morgan fingerprint density at radius 2 is 2.25 bits per heavy atom. The lowest BCUT2D eigenvalue weighted by molar-refractivity contribution is 0.408. The third-order valence-corrected chi connectivity index (χ3v) is 2.74. The molecular formula is C12H13ClN2O. The predicted octanol–water partition coefficient (Wildman–Crippen LogP) is 2.90. The monoisotopic (exact) mass is 236 g/mol. The van der Waals surface area contributed by atoms with Crippen LogP contribution in [0.2, 0.25) is 5.02 Å². The molecule has 0 N–H and O–H groups in total. The molecule has 1 aromatic heterocycles. The molecule has 1 heterocycles. The van der Waals surface area contributed by atoms with Gasteiger partial charge >= 0.3 is 0 Å². The highest BCUT2D eigenvalue weighted by atomic mass is 35.5. The Bertz CT molecular complexity index is 494. The molecule has 0 aliphatic carbocycles. The average molecular weight is 237 g/mol. The van der Waals surface area contributed by atoms with E-state index in [2.05, 4.69) is 4.98 Å². The molecule has 0 aliphatic rings. The van der Waals surface area contributed by atoms with Crippen LogP contribution in [0.4, 0.5) is 0 Å². The molecule has 0 fully saturated rings. The first-order chi connectivity index (χ1) is 7.70. The second-order valence-electron chi connectivity index (χ2n) is 3.56. The Hall–Kier alpha value is -1.48. The number of aromatic nitrogens is 2. The Morgan fingerprint density at radius 1 is 1.44 bits per heavy atom. The van der Waals surface area contributed by atoms with E-state index in [0.717, 1.165) is 23.7 Å². The Balaban J connectivity index is 2.33. The van der Waals surface area contributed by atoms with Crippen molar-refractivity contribution in [3.8, 4) is 5.75 Å². The van der Waals surface area contributed by atoms with Gasteiger partial charge < -0.3 is 9.30 Å². The van der Waals surface area contributed by atoms with Crippen LogP contribution in [-0.2, 0) is 6.54 Å². The van der Waals surface area contributed by atoms with Crippen LogP contribution in [0.3, 0.4) is 0 Å². The third kappa shape index (κ3) is 2.19. The predicted molar refractivity (Wildman–Crippen MR) is 64.1 cm³/mol. The number of halogens is 1. The smallest absolute Gasteiger partial charge is 0.123 e. The van der Waals surface area contributed by atoms with Gasteiger partial charge in [0, 0.05) is 23.0 Å². The van der Waals surface area contributed by atoms with E-state index in [1.165, 1.54) is 0 Å². The van der Waals surface area contributed by atoms with Crippen LogP contribution in [0.15, 0.2) is 30.6 Å². The summed E-state index contributed by atoms with van der Waals surface area (Å²) in [4.78, 5) is 4.18. The fraction of sp³-hybridized carbons (Fsp3) is 0.250. The maximum absolute atomic E-state index is 5.97. The second kappa shape index (κ2) is 4.58. The summed E-state index contributed by atoms with van der Waals surface area (Å²) in [6, 6.07) is 5.62. The zero-order valence-electron chi connectivity index (χ0n) is 9.27. The van der Waals surface area contributed by atoms with Crippen LogP contribution in [0.1, 0.15) is 11.4 Å². The molecule has 0 spiro atoms. The van der Waals surface area contributed by atoms with E-state index >= 15 is 0 Å². The molecular weight excluding hydrogens is 224 g/mol. The van der Waals surface area contributed by atoms with Crippen LogP contribution in [0, 0.1) is 6.92 Å². The molecule has 0 radical (unpaired) electrons. The van der Waals surface area contributed by atoms with Gasteiger partial charge in [-0.1, -0.05) is 11.6 Å². The van der Waals surface area contributed by atoms with Gasteiger partial charge in [-0.05, 0) is 25.1 Å². The maximum atomic E-state index is 5.97. The fourth-order valence-corrected chi connectivity index (χ4v) is 1.82. The normalized spacial score (nSPS) is 10.4. The van der Waals surface area contributed by atoms with Gasteiger partial charge in [0.1, 0.15) is 11.6 Å². The van der Waals surface area contributed by atoms with Gasteiger partial charge in [-0.2, -0.15) is 0 Å². The number of ether oxygens (including phenoxy) is 1. The maximum Gasteiger partial charge on any atom is 0.123 e. The number of benzene rings is 1. The largest absolute Gasteiger partial charge is 0.496 e. The molecule has 0 saturated carbocycles. The van der Waals surface area contributed by atoms with Gasteiger partial charge in [0.25, 0.3) is 0 Å². The minimum absolute atomic E-state index is 0.716. The van der Waals surface area contributed by atoms with Crippen molar-refractivity contribution in [1.29, 1.82) is 0 Å². The van der Waals surface area contributed by atoms with Gasteiger partial charge in [0.15, 0.2) is 0 Å². The molecule has 0 saturated heterocycles. The molecule has 2 aromatic rings. The highest BCUT2D eigenvalue weighted by Crippen LogP contribution is 2.23. The summed E-state index contributed by atoms with van der Waals surface area (Å²) in [6.45, 7) is 2.69. The van der Waals surface area contributed by atoms with E-state index in [1.807, 2.05) is 35.9 Å². The Labute approximate surface area is 99.6 Å². The Kier molecular flexibility index (Phi) is 3.15. The lowest BCUT2D eigenvalue weighted by Gasteiger charge is -2.10. The molecule has 84 valence electrons. The van der Waals surface area contributed by atoms with Crippen molar-refractivity contribution in [3.63, 3.8) is 0 Å². The van der Waals surface area contributed by atoms with Crippen molar-refractivity contribution in [3.05, 3.63) is 47.0 Å². The number of hydrogen-bond donors (Lipinski definition) is 0. The Morgan fingerprint density at radius 3 is 2.88 bits per heavy atom. The minimum Gasteiger partial charge on any atom is -0.496 e. The number of aryl methyl sites for hydroxylation is 1. The van der Waals surface area contributed by atoms with Crippen molar-refractivity contribution in [2.75, 3.05) is 7.11 Å². The van der Waals surface area contributed by atoms with E-state index in [-0.39, 0.29) is 0 Å². The van der Waals surface area contributed by atoms with Crippen molar-refractivity contribution in [1.82, 2.24) is 9.55 Å². The molecule has 4 heteroatoms. The van der Waals surface area contributed by atoms with Crippen molar-refractivity contribution < 1.29 is 4.74 Å². The molecule has 0 amide bonds. The SMILES string of the molecule is COc1ccc(Cl)cc1Cn1ccnc1C. The third-order valence-electron chi connectivity index (χ3n) is 2.51. The first-order valence-electron chi connectivity index (χ1n) is 5.01. The number of methoxy groups -OCH3 is 1. The lowest BCUT2D eigenvalue weighted by atomic mass is 10.2. The summed E-state index contributed by atoms with van der Waals surface area (Å²) < 4.78 is 7.35. The van der Waals surface area contributed by atoms with Crippen LogP contribution in [0.25, 0.3) is 0 Å². The zero-order chi connectivity index (χ0) is 11.5. The van der Waals surface area contributed by atoms with Crippen molar-refractivity contribution in [2.45, 2.75) is 13.5 Å². The molecule has 0 aliphatic heterocycles. The summed E-state index contributed by atoms with van der Waals surface area (Å²) in [5, 5.41) is 0.716. The molecule has 0 bridgehead atoms. The highest BCUT2D eigenvalue weighted by Gasteiger charge is 2.05. The lowest BCUT2D eigenvalue weighted by Crippen LogP contribution is -2.02. The zero-order valence-corrected chi connectivity index (χ0v) is 10.0. The van der Waals surface area contributed by atoms with Gasteiger partial charge in [-0.3, -0.25) is 0 Å². The average Bonchev–Trinajstić information content (AvgIpc) is 2.65. The van der Waals surface area contributed by atoms with Crippen LogP contribution < -0.4 is 4.74 Å². The molecule has 0 atom stereocenters. The number of nitrogens with zero attached hydrogens (tertiary/aromatic N) is 2. The van der Waals surface area contributed by atoms with Gasteiger partial charge in [-0.15, -0.1) is 0 Å². The number of rotatable bonds is 3. The minimum atomic E-state index is 0.716. The summed E-state index contributed by atoms with van der Waals surface area (Å²) >= 11 is 5.97. The number of imidazole rings is 1. The molecule has 2 rings (SSSR count). The van der Waals surface area contributed by atoms with E-state index < -0.39 is 0 Å². The summed E-state index contributed by atoms with van der Waals surface area (Å²) in [6.07, 6.45) is 3.72. The molecule has 3 nitrogen and oxygen atoms in total. The highest BCUT2D eigenvalue weighted by molar-refractivity contribution is 6.30. The standard InChI is InChI=1S/C12H13ClN2O/c1-9-14-5-6-15(9)8-10-7-11(13)3-4-12(10)16-2/h3-7H,8H2,1-2H3. The van der Waals surface area contributed by atoms with Crippen LogP contribution in [-0.4, -0.2) is 16.7 Å². The second-order valence-corrected chi connectivity index (χ2v) is 3.99. The summed E-state index contributed by atoms with van der Waals surface area (Å²) in [7, 11) is 1.66. The summed E-state index contributed by atoms with van der Waals surface area (Å²) in [5.74, 6) is 1.82. The quantitative estimate of drug-likeness (QED) is 0.820. The van der Waals surface area contributed by atoms with E-state index in [4.69, 9.17) is 16.3 Å². The fourth-order valence-electron chi connectivity index (χ4n) is 1.63. The first-order valence-corrected chi connectivity index (χ1v) is 5.38. The molecule has 1 aromatic carbocycles. The first kappa shape index (κ1) is 11.0. The van der Waals surface area contributed by atoms with E-state index in [9.17, 15) is 0 Å². The number of hydrogen-bond acceptors (Lipinski definition) is 2. The van der Waals surface area contributed by atoms with Crippen molar-refractivity contribution in [2.24, 2.45) is 0 Å². The van der Waals surface area contributed by atoms with Crippen LogP contribution >= 0.6 is 11.6 Å². The van der Waals surface area contributed by atoms with E-state index in [1.54, 1.807) is 13.3 Å². The topological polar surface area (TPSA) is 27.1 Å². The summed E-state index contributed by atoms with van der Waals surface area (Å²) in [5.41, 5.74) is 1.05. The van der Waals surface area contributed by atoms with Gasteiger partial charge in [0.2, 0.25) is 0 Å². The van der Waals surface area contributed by atoms with Crippen LogP contribution in [0.5, 0.6) is 5.75 Å². The van der Waals surface area contributed by atoms with E-state index in [0.29, 0.717) is 5.02 Å².